The van der Waals surface area contributed by atoms with Crippen molar-refractivity contribution in [3.05, 3.63) is 45.5 Å². The molecule has 2 N–H and O–H groups in total. The van der Waals surface area contributed by atoms with Crippen LogP contribution in [0.3, 0.4) is 0 Å². The molecule has 0 saturated heterocycles. The van der Waals surface area contributed by atoms with E-state index in [1.54, 1.807) is 0 Å². The highest BCUT2D eigenvalue weighted by molar-refractivity contribution is 9.10. The zero-order valence-electron chi connectivity index (χ0n) is 9.73. The van der Waals surface area contributed by atoms with Crippen molar-refractivity contribution in [2.24, 2.45) is 0 Å². The van der Waals surface area contributed by atoms with E-state index in [2.05, 4.69) is 20.7 Å². The standard InChI is InChI=1S/C11H8BrClFNO4S/c12-11-9(4-6(5-16)19-11)20(17,18)15-8-3-1-2-7(13)10(8)14/h1-4,15-16H,5H2. The molecule has 0 aliphatic heterocycles. The van der Waals surface area contributed by atoms with Crippen molar-refractivity contribution in [2.75, 3.05) is 4.72 Å². The summed E-state index contributed by atoms with van der Waals surface area (Å²) in [7, 11) is -4.07. The first-order valence-electron chi connectivity index (χ1n) is 5.21. The summed E-state index contributed by atoms with van der Waals surface area (Å²) >= 11 is 8.50. The molecule has 0 atom stereocenters. The first-order valence-corrected chi connectivity index (χ1v) is 7.86. The van der Waals surface area contributed by atoms with Crippen LogP contribution in [-0.2, 0) is 16.6 Å². The van der Waals surface area contributed by atoms with E-state index in [-0.39, 0.29) is 26.0 Å². The molecule has 2 aromatic rings. The van der Waals surface area contributed by atoms with Gasteiger partial charge in [0.25, 0.3) is 10.0 Å². The molecular weight excluding hydrogens is 377 g/mol. The minimum absolute atomic E-state index is 0.0591. The highest BCUT2D eigenvalue weighted by atomic mass is 79.9. The molecule has 0 aliphatic rings. The van der Waals surface area contributed by atoms with Gasteiger partial charge in [-0.3, -0.25) is 4.72 Å². The molecule has 0 spiro atoms. The van der Waals surface area contributed by atoms with E-state index in [0.717, 1.165) is 6.07 Å². The van der Waals surface area contributed by atoms with Crippen molar-refractivity contribution >= 4 is 43.2 Å². The van der Waals surface area contributed by atoms with Gasteiger partial charge in [0.1, 0.15) is 17.3 Å². The molecule has 0 aliphatic carbocycles. The highest BCUT2D eigenvalue weighted by Crippen LogP contribution is 2.29. The van der Waals surface area contributed by atoms with Gasteiger partial charge in [-0.05, 0) is 28.1 Å². The maximum Gasteiger partial charge on any atom is 0.266 e. The minimum atomic E-state index is -4.07. The van der Waals surface area contributed by atoms with Gasteiger partial charge in [0.2, 0.25) is 0 Å². The molecule has 108 valence electrons. The number of sulfonamides is 1. The average Bonchev–Trinajstić information content (AvgIpc) is 2.77. The Morgan fingerprint density at radius 2 is 2.15 bits per heavy atom. The molecule has 2 rings (SSSR count). The molecule has 0 fully saturated rings. The van der Waals surface area contributed by atoms with Crippen LogP contribution in [0.5, 0.6) is 0 Å². The predicted octanol–water partition coefficient (Wildman–Crippen LogP) is 3.13. The van der Waals surface area contributed by atoms with Crippen LogP contribution < -0.4 is 4.72 Å². The molecule has 9 heteroatoms. The van der Waals surface area contributed by atoms with Gasteiger partial charge in [-0.15, -0.1) is 0 Å². The third kappa shape index (κ3) is 2.98. The molecule has 0 saturated carbocycles. The largest absolute Gasteiger partial charge is 0.450 e. The van der Waals surface area contributed by atoms with Gasteiger partial charge >= 0.3 is 0 Å². The van der Waals surface area contributed by atoms with Crippen LogP contribution in [0.15, 0.2) is 38.2 Å². The molecular formula is C11H8BrClFNO4S. The molecule has 1 aromatic carbocycles. The van der Waals surface area contributed by atoms with Gasteiger partial charge < -0.3 is 9.52 Å². The van der Waals surface area contributed by atoms with Crippen LogP contribution in [0.2, 0.25) is 5.02 Å². The lowest BCUT2D eigenvalue weighted by Crippen LogP contribution is -2.13. The van der Waals surface area contributed by atoms with Gasteiger partial charge in [0, 0.05) is 6.07 Å². The van der Waals surface area contributed by atoms with E-state index in [1.165, 1.54) is 18.2 Å². The molecule has 5 nitrogen and oxygen atoms in total. The number of hydrogen-bond acceptors (Lipinski definition) is 4. The van der Waals surface area contributed by atoms with E-state index >= 15 is 0 Å². The highest BCUT2D eigenvalue weighted by Gasteiger charge is 2.24. The first kappa shape index (κ1) is 15.3. The van der Waals surface area contributed by atoms with Crippen molar-refractivity contribution in [3.8, 4) is 0 Å². The van der Waals surface area contributed by atoms with Gasteiger partial charge in [-0.25, -0.2) is 12.8 Å². The van der Waals surface area contributed by atoms with Crippen molar-refractivity contribution in [1.82, 2.24) is 0 Å². The number of furan rings is 1. The summed E-state index contributed by atoms with van der Waals surface area (Å²) < 4.78 is 44.9. The summed E-state index contributed by atoms with van der Waals surface area (Å²) in [6.45, 7) is -0.459. The third-order valence-corrected chi connectivity index (χ3v) is 4.86. The number of anilines is 1. The maximum atomic E-state index is 13.7. The van der Waals surface area contributed by atoms with Crippen LogP contribution in [0.4, 0.5) is 10.1 Å². The number of halogens is 3. The van der Waals surface area contributed by atoms with Crippen LogP contribution in [-0.4, -0.2) is 13.5 Å². The van der Waals surface area contributed by atoms with Crippen molar-refractivity contribution in [1.29, 1.82) is 0 Å². The summed E-state index contributed by atoms with van der Waals surface area (Å²) in [6.07, 6.45) is 0. The number of hydrogen-bond donors (Lipinski definition) is 2. The van der Waals surface area contributed by atoms with E-state index in [1.807, 2.05) is 0 Å². The Hall–Kier alpha value is -1.09. The minimum Gasteiger partial charge on any atom is -0.450 e. The monoisotopic (exact) mass is 383 g/mol. The first-order chi connectivity index (χ1) is 9.35. The number of rotatable bonds is 4. The van der Waals surface area contributed by atoms with E-state index in [0.29, 0.717) is 0 Å². The fraction of sp³-hybridized carbons (Fsp3) is 0.0909. The Balaban J connectivity index is 2.40. The van der Waals surface area contributed by atoms with Gasteiger partial charge in [0.05, 0.1) is 10.7 Å². The molecule has 0 unspecified atom stereocenters. The molecule has 0 bridgehead atoms. The SMILES string of the molecule is O=S(=O)(Nc1cccc(Cl)c1F)c1cc(CO)oc1Br. The Kier molecular flexibility index (Phi) is 4.38. The van der Waals surface area contributed by atoms with Crippen LogP contribution >= 0.6 is 27.5 Å². The lowest BCUT2D eigenvalue weighted by molar-refractivity contribution is 0.245. The summed E-state index contributed by atoms with van der Waals surface area (Å²) in [5, 5.41) is 8.70. The normalized spacial score (nSPS) is 11.6. The predicted molar refractivity (Wildman–Crippen MR) is 74.5 cm³/mol. The van der Waals surface area contributed by atoms with E-state index in [9.17, 15) is 12.8 Å². The fourth-order valence-electron chi connectivity index (χ4n) is 1.44. The zero-order valence-corrected chi connectivity index (χ0v) is 12.9. The Labute approximate surface area is 127 Å². The average molecular weight is 385 g/mol. The summed E-state index contributed by atoms with van der Waals surface area (Å²) in [5.74, 6) is -0.816. The topological polar surface area (TPSA) is 79.5 Å². The van der Waals surface area contributed by atoms with Crippen molar-refractivity contribution in [3.63, 3.8) is 0 Å². The van der Waals surface area contributed by atoms with Crippen LogP contribution in [0, 0.1) is 5.82 Å². The second-order valence-electron chi connectivity index (χ2n) is 3.72. The van der Waals surface area contributed by atoms with Gasteiger partial charge in [-0.1, -0.05) is 17.7 Å². The Morgan fingerprint density at radius 3 is 2.75 bits per heavy atom. The lowest BCUT2D eigenvalue weighted by Gasteiger charge is -2.08. The number of aliphatic hydroxyl groups is 1. The Bertz CT molecular complexity index is 747. The second kappa shape index (κ2) is 5.72. The molecule has 0 amide bonds. The number of nitrogens with one attached hydrogen (secondary N) is 1. The zero-order chi connectivity index (χ0) is 14.9. The Morgan fingerprint density at radius 1 is 1.45 bits per heavy atom. The summed E-state index contributed by atoms with van der Waals surface area (Å²) in [5.41, 5.74) is -0.281. The van der Waals surface area contributed by atoms with Gasteiger partial charge in [-0.2, -0.15) is 0 Å². The quantitative estimate of drug-likeness (QED) is 0.849. The van der Waals surface area contributed by atoms with E-state index < -0.39 is 22.4 Å². The third-order valence-electron chi connectivity index (χ3n) is 2.35. The summed E-state index contributed by atoms with van der Waals surface area (Å²) in [6, 6.07) is 5.08. The van der Waals surface area contributed by atoms with Crippen molar-refractivity contribution in [2.45, 2.75) is 11.5 Å². The number of benzene rings is 1. The molecule has 20 heavy (non-hydrogen) atoms. The molecule has 0 radical (unpaired) electrons. The van der Waals surface area contributed by atoms with Gasteiger partial charge in [0.15, 0.2) is 10.5 Å². The summed E-state index contributed by atoms with van der Waals surface area (Å²) in [4.78, 5) is -0.249. The molecule has 1 aromatic heterocycles. The van der Waals surface area contributed by atoms with Crippen LogP contribution in [0.25, 0.3) is 0 Å². The maximum absolute atomic E-state index is 13.7. The van der Waals surface area contributed by atoms with E-state index in [4.69, 9.17) is 21.1 Å². The fourth-order valence-corrected chi connectivity index (χ4v) is 3.67. The smallest absolute Gasteiger partial charge is 0.266 e. The number of aliphatic hydroxyl groups excluding tert-OH is 1. The lowest BCUT2D eigenvalue weighted by atomic mass is 10.3. The van der Waals surface area contributed by atoms with Crippen LogP contribution in [0.1, 0.15) is 5.76 Å². The van der Waals surface area contributed by atoms with Crippen molar-refractivity contribution < 1.29 is 22.3 Å². The second-order valence-corrected chi connectivity index (χ2v) is 6.49. The molecule has 1 heterocycles.